The van der Waals surface area contributed by atoms with Gasteiger partial charge in [0, 0.05) is 31.0 Å². The third kappa shape index (κ3) is 4.98. The van der Waals surface area contributed by atoms with Gasteiger partial charge in [-0.3, -0.25) is 9.59 Å². The number of hydrogen-bond acceptors (Lipinski definition) is 3. The highest BCUT2D eigenvalue weighted by Crippen LogP contribution is 2.19. The van der Waals surface area contributed by atoms with Crippen LogP contribution in [-0.2, 0) is 4.79 Å². The third-order valence-electron chi connectivity index (χ3n) is 4.33. The fourth-order valence-electron chi connectivity index (χ4n) is 2.76. The second-order valence-electron chi connectivity index (χ2n) is 6.62. The molecule has 28 heavy (non-hydrogen) atoms. The van der Waals surface area contributed by atoms with Crippen LogP contribution >= 0.6 is 0 Å². The van der Waals surface area contributed by atoms with Gasteiger partial charge in [0.1, 0.15) is 0 Å². The van der Waals surface area contributed by atoms with Gasteiger partial charge in [0.25, 0.3) is 5.91 Å². The Morgan fingerprint density at radius 1 is 0.786 bits per heavy atom. The summed E-state index contributed by atoms with van der Waals surface area (Å²) in [6.45, 7) is -0.0886. The van der Waals surface area contributed by atoms with E-state index in [9.17, 15) is 9.59 Å². The Balaban J connectivity index is 1.52. The van der Waals surface area contributed by atoms with E-state index in [4.69, 9.17) is 0 Å². The highest BCUT2D eigenvalue weighted by Gasteiger charge is 2.09. The first-order chi connectivity index (χ1) is 13.5. The number of carbonyl (C=O) groups excluding carboxylic acids is 2. The minimum Gasteiger partial charge on any atom is -0.378 e. The molecule has 0 spiro atoms. The summed E-state index contributed by atoms with van der Waals surface area (Å²) in [7, 11) is 3.91. The Kier molecular flexibility index (Phi) is 6.07. The number of benzene rings is 3. The molecular weight excluding hydrogens is 350 g/mol. The summed E-state index contributed by atoms with van der Waals surface area (Å²) in [5.74, 6) is -0.551. The molecule has 0 saturated heterocycles. The van der Waals surface area contributed by atoms with Gasteiger partial charge in [-0.15, -0.1) is 0 Å². The van der Waals surface area contributed by atoms with E-state index in [-0.39, 0.29) is 18.4 Å². The molecule has 5 nitrogen and oxygen atoms in total. The zero-order chi connectivity index (χ0) is 19.9. The highest BCUT2D eigenvalue weighted by atomic mass is 16.2. The maximum atomic E-state index is 12.3. The Bertz CT molecular complexity index is 934. The number of nitrogens with one attached hydrogen (secondary N) is 2. The smallest absolute Gasteiger partial charge is 0.251 e. The van der Waals surface area contributed by atoms with Crippen molar-refractivity contribution >= 4 is 23.2 Å². The first kappa shape index (κ1) is 19.2. The van der Waals surface area contributed by atoms with Crippen molar-refractivity contribution in [2.75, 3.05) is 30.9 Å². The Labute approximate surface area is 165 Å². The summed E-state index contributed by atoms with van der Waals surface area (Å²) in [6.07, 6.45) is 0. The van der Waals surface area contributed by atoms with Crippen molar-refractivity contribution in [2.45, 2.75) is 0 Å². The van der Waals surface area contributed by atoms with Gasteiger partial charge in [0.2, 0.25) is 5.91 Å². The molecule has 142 valence electrons. The fraction of sp³-hybridized carbons (Fsp3) is 0.130. The van der Waals surface area contributed by atoms with E-state index in [0.717, 1.165) is 16.8 Å². The third-order valence-corrected chi connectivity index (χ3v) is 4.33. The minimum absolute atomic E-state index is 0.0886. The minimum atomic E-state index is -0.280. The molecule has 0 radical (unpaired) electrons. The zero-order valence-electron chi connectivity index (χ0n) is 16.0. The average molecular weight is 373 g/mol. The van der Waals surface area contributed by atoms with Crippen molar-refractivity contribution in [3.05, 3.63) is 84.4 Å². The van der Waals surface area contributed by atoms with Crippen molar-refractivity contribution in [1.82, 2.24) is 5.32 Å². The van der Waals surface area contributed by atoms with Crippen LogP contribution in [0, 0.1) is 0 Å². The van der Waals surface area contributed by atoms with Crippen LogP contribution < -0.4 is 15.5 Å². The van der Waals surface area contributed by atoms with Crippen LogP contribution in [0.3, 0.4) is 0 Å². The van der Waals surface area contributed by atoms with Gasteiger partial charge in [-0.2, -0.15) is 0 Å². The van der Waals surface area contributed by atoms with Crippen LogP contribution in [0.1, 0.15) is 10.4 Å². The first-order valence-corrected chi connectivity index (χ1v) is 9.04. The molecule has 0 atom stereocenters. The number of carbonyl (C=O) groups is 2. The molecule has 0 bridgehead atoms. The maximum Gasteiger partial charge on any atom is 0.251 e. The zero-order valence-corrected chi connectivity index (χ0v) is 16.0. The number of hydrogen-bond donors (Lipinski definition) is 2. The lowest BCUT2D eigenvalue weighted by atomic mass is 10.0. The van der Waals surface area contributed by atoms with Crippen LogP contribution in [-0.4, -0.2) is 32.5 Å². The molecule has 5 heteroatoms. The molecule has 0 saturated carbocycles. The molecule has 2 amide bonds. The number of anilines is 2. The topological polar surface area (TPSA) is 61.4 Å². The first-order valence-electron chi connectivity index (χ1n) is 9.04. The molecule has 2 N–H and O–H groups in total. The molecular formula is C23H23N3O2. The molecule has 3 aromatic rings. The van der Waals surface area contributed by atoms with Gasteiger partial charge in [0.15, 0.2) is 0 Å². The van der Waals surface area contributed by atoms with Crippen molar-refractivity contribution in [3.8, 4) is 11.1 Å². The van der Waals surface area contributed by atoms with Gasteiger partial charge in [0.05, 0.1) is 6.54 Å². The van der Waals surface area contributed by atoms with E-state index in [1.807, 2.05) is 85.7 Å². The predicted molar refractivity (Wildman–Crippen MR) is 114 cm³/mol. The number of rotatable bonds is 6. The van der Waals surface area contributed by atoms with Crippen molar-refractivity contribution in [3.63, 3.8) is 0 Å². The molecule has 0 aromatic heterocycles. The molecule has 0 aliphatic rings. The van der Waals surface area contributed by atoms with Crippen molar-refractivity contribution in [1.29, 1.82) is 0 Å². The largest absolute Gasteiger partial charge is 0.378 e. The van der Waals surface area contributed by atoms with E-state index in [1.165, 1.54) is 0 Å². The lowest BCUT2D eigenvalue weighted by molar-refractivity contribution is -0.115. The van der Waals surface area contributed by atoms with Gasteiger partial charge < -0.3 is 15.5 Å². The molecule has 0 unspecified atom stereocenters. The summed E-state index contributed by atoms with van der Waals surface area (Å²) in [6, 6.07) is 24.8. The summed E-state index contributed by atoms with van der Waals surface area (Å²) in [4.78, 5) is 26.3. The van der Waals surface area contributed by atoms with Gasteiger partial charge in [-0.25, -0.2) is 0 Å². The monoisotopic (exact) mass is 373 g/mol. The summed E-state index contributed by atoms with van der Waals surface area (Å²) < 4.78 is 0. The van der Waals surface area contributed by atoms with Crippen LogP contribution in [0.25, 0.3) is 11.1 Å². The maximum absolute atomic E-state index is 12.3. The SMILES string of the molecule is CN(C)c1ccc(NC(=O)CNC(=O)c2ccc(-c3ccccc3)cc2)cc1. The van der Waals surface area contributed by atoms with Crippen LogP contribution in [0.2, 0.25) is 0 Å². The number of amides is 2. The van der Waals surface area contributed by atoms with Gasteiger partial charge >= 0.3 is 0 Å². The number of nitrogens with zero attached hydrogens (tertiary/aromatic N) is 1. The van der Waals surface area contributed by atoms with Crippen molar-refractivity contribution < 1.29 is 9.59 Å². The molecule has 0 aliphatic heterocycles. The Hall–Kier alpha value is -3.60. The predicted octanol–water partition coefficient (Wildman–Crippen LogP) is 3.79. The molecule has 3 rings (SSSR count). The molecule has 0 fully saturated rings. The Morgan fingerprint density at radius 2 is 1.39 bits per heavy atom. The molecule has 0 aliphatic carbocycles. The standard InChI is InChI=1S/C23H23N3O2/c1-26(2)21-14-12-20(13-15-21)25-22(27)16-24-23(28)19-10-8-18(9-11-19)17-6-4-3-5-7-17/h3-15H,16H2,1-2H3,(H,24,28)(H,25,27). The lowest BCUT2D eigenvalue weighted by Crippen LogP contribution is -2.32. The lowest BCUT2D eigenvalue weighted by Gasteiger charge is -2.13. The normalized spacial score (nSPS) is 10.2. The summed E-state index contributed by atoms with van der Waals surface area (Å²) in [5.41, 5.74) is 4.38. The van der Waals surface area contributed by atoms with E-state index in [2.05, 4.69) is 10.6 Å². The fourth-order valence-corrected chi connectivity index (χ4v) is 2.76. The highest BCUT2D eigenvalue weighted by molar-refractivity contribution is 5.99. The summed E-state index contributed by atoms with van der Waals surface area (Å²) >= 11 is 0. The van der Waals surface area contributed by atoms with Gasteiger partial charge in [-0.05, 0) is 47.5 Å². The van der Waals surface area contributed by atoms with Gasteiger partial charge in [-0.1, -0.05) is 42.5 Å². The molecule has 0 heterocycles. The van der Waals surface area contributed by atoms with Crippen LogP contribution in [0.15, 0.2) is 78.9 Å². The Morgan fingerprint density at radius 3 is 2.00 bits per heavy atom. The van der Waals surface area contributed by atoms with E-state index in [1.54, 1.807) is 12.1 Å². The van der Waals surface area contributed by atoms with Crippen LogP contribution in [0.4, 0.5) is 11.4 Å². The summed E-state index contributed by atoms with van der Waals surface area (Å²) in [5, 5.41) is 5.42. The van der Waals surface area contributed by atoms with E-state index >= 15 is 0 Å². The molecule has 3 aromatic carbocycles. The second kappa shape index (κ2) is 8.86. The average Bonchev–Trinajstić information content (AvgIpc) is 2.73. The van der Waals surface area contributed by atoms with Crippen LogP contribution in [0.5, 0.6) is 0 Å². The second-order valence-corrected chi connectivity index (χ2v) is 6.62. The van der Waals surface area contributed by atoms with Crippen molar-refractivity contribution in [2.24, 2.45) is 0 Å². The quantitative estimate of drug-likeness (QED) is 0.691. The van der Waals surface area contributed by atoms with E-state index in [0.29, 0.717) is 11.3 Å². The van der Waals surface area contributed by atoms with E-state index < -0.39 is 0 Å².